The lowest BCUT2D eigenvalue weighted by Crippen LogP contribution is -2.51. The lowest BCUT2D eigenvalue weighted by Gasteiger charge is -2.44. The number of nitrogens with zero attached hydrogens (tertiary/aromatic N) is 2. The maximum absolute atomic E-state index is 11.8. The quantitative estimate of drug-likeness (QED) is 0.847. The standard InChI is InChI=1S/C15H28N4OS/c1-5-10-19-13(20)17-18-14(19)21-11-8-7-9-15(3,4)12(11)16-6-2/h11-12,16H,5-10H2,1-4H3,(H,17,20). The summed E-state index contributed by atoms with van der Waals surface area (Å²) in [5.74, 6) is 0. The summed E-state index contributed by atoms with van der Waals surface area (Å²) in [5.41, 5.74) is 0.201. The van der Waals surface area contributed by atoms with Gasteiger partial charge in [-0.3, -0.25) is 4.57 Å². The topological polar surface area (TPSA) is 62.7 Å². The Morgan fingerprint density at radius 1 is 1.48 bits per heavy atom. The van der Waals surface area contributed by atoms with Crippen molar-refractivity contribution in [3.05, 3.63) is 10.5 Å². The van der Waals surface area contributed by atoms with Gasteiger partial charge in [-0.1, -0.05) is 45.9 Å². The van der Waals surface area contributed by atoms with E-state index in [1.807, 2.05) is 0 Å². The zero-order chi connectivity index (χ0) is 15.5. The number of aromatic nitrogens is 3. The van der Waals surface area contributed by atoms with E-state index >= 15 is 0 Å². The Kier molecular flexibility index (Phi) is 5.54. The molecule has 21 heavy (non-hydrogen) atoms. The molecule has 1 heterocycles. The van der Waals surface area contributed by atoms with Gasteiger partial charge in [0.1, 0.15) is 0 Å². The molecule has 0 bridgehead atoms. The molecule has 0 radical (unpaired) electrons. The molecule has 1 aromatic rings. The number of hydrogen-bond donors (Lipinski definition) is 2. The van der Waals surface area contributed by atoms with Crippen molar-refractivity contribution in [2.75, 3.05) is 6.54 Å². The van der Waals surface area contributed by atoms with Crippen LogP contribution in [0.2, 0.25) is 0 Å². The molecule has 5 nitrogen and oxygen atoms in total. The highest BCUT2D eigenvalue weighted by Crippen LogP contribution is 2.42. The van der Waals surface area contributed by atoms with Crippen molar-refractivity contribution < 1.29 is 0 Å². The molecule has 1 saturated carbocycles. The predicted octanol–water partition coefficient (Wildman–Crippen LogP) is 2.63. The Morgan fingerprint density at radius 3 is 2.90 bits per heavy atom. The number of nitrogens with one attached hydrogen (secondary N) is 2. The highest BCUT2D eigenvalue weighted by molar-refractivity contribution is 7.99. The smallest absolute Gasteiger partial charge is 0.313 e. The van der Waals surface area contributed by atoms with Crippen LogP contribution in [0.3, 0.4) is 0 Å². The van der Waals surface area contributed by atoms with Gasteiger partial charge in [0, 0.05) is 17.8 Å². The second-order valence-electron chi connectivity index (χ2n) is 6.54. The molecule has 1 aliphatic rings. The third kappa shape index (κ3) is 3.72. The molecule has 2 N–H and O–H groups in total. The average Bonchev–Trinajstić information content (AvgIpc) is 2.76. The van der Waals surface area contributed by atoms with E-state index in [0.717, 1.165) is 24.7 Å². The van der Waals surface area contributed by atoms with Crippen molar-refractivity contribution in [1.29, 1.82) is 0 Å². The number of H-pyrrole nitrogens is 1. The van der Waals surface area contributed by atoms with Gasteiger partial charge in [0.05, 0.1) is 0 Å². The summed E-state index contributed by atoms with van der Waals surface area (Å²) in [7, 11) is 0. The second kappa shape index (κ2) is 7.01. The Balaban J connectivity index is 2.18. The Bertz CT molecular complexity index is 508. The van der Waals surface area contributed by atoms with Crippen LogP contribution in [-0.2, 0) is 6.54 Å². The number of aromatic amines is 1. The van der Waals surface area contributed by atoms with Crippen molar-refractivity contribution in [2.45, 2.75) is 76.4 Å². The first-order valence-corrected chi connectivity index (χ1v) is 8.92. The van der Waals surface area contributed by atoms with E-state index in [1.54, 1.807) is 16.3 Å². The third-order valence-electron chi connectivity index (χ3n) is 4.37. The highest BCUT2D eigenvalue weighted by Gasteiger charge is 2.39. The second-order valence-corrected chi connectivity index (χ2v) is 7.74. The molecule has 2 rings (SSSR count). The fraction of sp³-hybridized carbons (Fsp3) is 0.867. The molecule has 0 spiro atoms. The summed E-state index contributed by atoms with van der Waals surface area (Å²) in [6, 6.07) is 0.461. The molecule has 0 amide bonds. The van der Waals surface area contributed by atoms with E-state index in [4.69, 9.17) is 0 Å². The van der Waals surface area contributed by atoms with Gasteiger partial charge in [-0.05, 0) is 31.2 Å². The summed E-state index contributed by atoms with van der Waals surface area (Å²) in [6.07, 6.45) is 4.62. The lowest BCUT2D eigenvalue weighted by atomic mass is 9.73. The Hall–Kier alpha value is -0.750. The number of rotatable bonds is 6. The van der Waals surface area contributed by atoms with Crippen LogP contribution in [0.5, 0.6) is 0 Å². The number of hydrogen-bond acceptors (Lipinski definition) is 4. The van der Waals surface area contributed by atoms with Crippen molar-refractivity contribution in [3.63, 3.8) is 0 Å². The van der Waals surface area contributed by atoms with E-state index in [1.165, 1.54) is 19.3 Å². The summed E-state index contributed by atoms with van der Waals surface area (Å²) in [4.78, 5) is 11.8. The van der Waals surface area contributed by atoms with E-state index in [2.05, 4.69) is 43.2 Å². The van der Waals surface area contributed by atoms with Crippen LogP contribution in [0, 0.1) is 5.41 Å². The highest BCUT2D eigenvalue weighted by atomic mass is 32.2. The van der Waals surface area contributed by atoms with Gasteiger partial charge in [0.25, 0.3) is 0 Å². The molecule has 2 unspecified atom stereocenters. The van der Waals surface area contributed by atoms with Crippen LogP contribution < -0.4 is 11.0 Å². The molecule has 1 aliphatic carbocycles. The average molecular weight is 312 g/mol. The third-order valence-corrected chi connectivity index (χ3v) is 5.71. The minimum atomic E-state index is -0.0885. The largest absolute Gasteiger partial charge is 0.343 e. The first-order chi connectivity index (χ1) is 9.99. The molecule has 0 saturated heterocycles. The van der Waals surface area contributed by atoms with Crippen LogP contribution in [0.25, 0.3) is 0 Å². The molecular weight excluding hydrogens is 284 g/mol. The van der Waals surface area contributed by atoms with Crippen LogP contribution in [0.4, 0.5) is 0 Å². The van der Waals surface area contributed by atoms with Gasteiger partial charge in [-0.25, -0.2) is 9.89 Å². The van der Waals surface area contributed by atoms with Gasteiger partial charge in [0.15, 0.2) is 5.16 Å². The fourth-order valence-electron chi connectivity index (χ4n) is 3.29. The van der Waals surface area contributed by atoms with Gasteiger partial charge >= 0.3 is 5.69 Å². The minimum absolute atomic E-state index is 0.0885. The van der Waals surface area contributed by atoms with Crippen molar-refractivity contribution in [2.24, 2.45) is 5.41 Å². The minimum Gasteiger partial charge on any atom is -0.313 e. The molecular formula is C15H28N4OS. The fourth-order valence-corrected chi connectivity index (χ4v) is 4.84. The van der Waals surface area contributed by atoms with Gasteiger partial charge in [-0.15, -0.1) is 5.10 Å². The first-order valence-electron chi connectivity index (χ1n) is 8.04. The zero-order valence-electron chi connectivity index (χ0n) is 13.6. The predicted molar refractivity (Wildman–Crippen MR) is 87.9 cm³/mol. The van der Waals surface area contributed by atoms with Crippen LogP contribution in [0.15, 0.2) is 9.95 Å². The summed E-state index contributed by atoms with van der Waals surface area (Å²) >= 11 is 1.76. The Morgan fingerprint density at radius 2 is 2.24 bits per heavy atom. The Labute approximate surface area is 131 Å². The molecule has 2 atom stereocenters. The van der Waals surface area contributed by atoms with Crippen LogP contribution >= 0.6 is 11.8 Å². The zero-order valence-corrected chi connectivity index (χ0v) is 14.4. The van der Waals surface area contributed by atoms with Crippen molar-refractivity contribution in [3.8, 4) is 0 Å². The van der Waals surface area contributed by atoms with Gasteiger partial charge in [-0.2, -0.15) is 0 Å². The van der Waals surface area contributed by atoms with E-state index in [9.17, 15) is 4.79 Å². The molecule has 0 aliphatic heterocycles. The van der Waals surface area contributed by atoms with Crippen molar-refractivity contribution in [1.82, 2.24) is 20.1 Å². The molecule has 1 fully saturated rings. The van der Waals surface area contributed by atoms with Crippen LogP contribution in [-0.4, -0.2) is 32.6 Å². The van der Waals surface area contributed by atoms with Crippen molar-refractivity contribution >= 4 is 11.8 Å². The molecule has 1 aromatic heterocycles. The van der Waals surface area contributed by atoms with Crippen LogP contribution in [0.1, 0.15) is 53.4 Å². The maximum atomic E-state index is 11.8. The molecule has 0 aromatic carbocycles. The van der Waals surface area contributed by atoms with Gasteiger partial charge in [0.2, 0.25) is 0 Å². The number of thioether (sulfide) groups is 1. The summed E-state index contributed by atoms with van der Waals surface area (Å²) in [5, 5.41) is 11.8. The van der Waals surface area contributed by atoms with E-state index < -0.39 is 0 Å². The SMILES string of the molecule is CCCn1c(SC2CCCC(C)(C)C2NCC)n[nH]c1=O. The van der Waals surface area contributed by atoms with Gasteiger partial charge < -0.3 is 5.32 Å². The lowest BCUT2D eigenvalue weighted by molar-refractivity contribution is 0.176. The summed E-state index contributed by atoms with van der Waals surface area (Å²) < 4.78 is 1.77. The van der Waals surface area contributed by atoms with E-state index in [0.29, 0.717) is 11.3 Å². The summed E-state index contributed by atoms with van der Waals surface area (Å²) in [6.45, 7) is 10.6. The normalized spacial score (nSPS) is 25.1. The van der Waals surface area contributed by atoms with E-state index in [-0.39, 0.29) is 11.1 Å². The molecule has 6 heteroatoms. The first kappa shape index (κ1) is 16.6. The molecule has 120 valence electrons. The monoisotopic (exact) mass is 312 g/mol. The maximum Gasteiger partial charge on any atom is 0.343 e.